The average Bonchev–Trinajstić information content (AvgIpc) is 2.34. The standard InChI is InChI=1S/C15H33NO3/c1-6-18-12-10-16(11-13-19-7-2)9-8-14(17)15(3,4)5/h14,17H,6-13H2,1-5H3. The van der Waals surface area contributed by atoms with Crippen LogP contribution in [0.5, 0.6) is 0 Å². The van der Waals surface area contributed by atoms with Gasteiger partial charge in [0.05, 0.1) is 19.3 Å². The van der Waals surface area contributed by atoms with Crippen molar-refractivity contribution in [2.75, 3.05) is 46.1 Å². The molecule has 0 amide bonds. The van der Waals surface area contributed by atoms with Gasteiger partial charge in [0.2, 0.25) is 0 Å². The molecule has 0 aromatic carbocycles. The Labute approximate surface area is 119 Å². The van der Waals surface area contributed by atoms with E-state index in [1.807, 2.05) is 13.8 Å². The lowest BCUT2D eigenvalue weighted by atomic mass is 9.87. The zero-order valence-electron chi connectivity index (χ0n) is 13.4. The highest BCUT2D eigenvalue weighted by Crippen LogP contribution is 2.21. The molecule has 1 unspecified atom stereocenters. The Morgan fingerprint density at radius 3 is 1.79 bits per heavy atom. The lowest BCUT2D eigenvalue weighted by Gasteiger charge is -2.29. The molecule has 0 radical (unpaired) electrons. The Morgan fingerprint density at radius 2 is 1.42 bits per heavy atom. The van der Waals surface area contributed by atoms with Crippen molar-refractivity contribution in [3.63, 3.8) is 0 Å². The van der Waals surface area contributed by atoms with Gasteiger partial charge in [-0.05, 0) is 25.7 Å². The van der Waals surface area contributed by atoms with Crippen molar-refractivity contribution in [1.29, 1.82) is 0 Å². The van der Waals surface area contributed by atoms with Crippen molar-refractivity contribution in [3.8, 4) is 0 Å². The second kappa shape index (κ2) is 10.6. The Bertz CT molecular complexity index is 194. The van der Waals surface area contributed by atoms with Crippen LogP contribution in [-0.2, 0) is 9.47 Å². The van der Waals surface area contributed by atoms with Crippen LogP contribution >= 0.6 is 0 Å². The highest BCUT2D eigenvalue weighted by atomic mass is 16.5. The van der Waals surface area contributed by atoms with Crippen LogP contribution in [0.25, 0.3) is 0 Å². The Hall–Kier alpha value is -0.160. The fraction of sp³-hybridized carbons (Fsp3) is 1.00. The van der Waals surface area contributed by atoms with E-state index >= 15 is 0 Å². The molecule has 0 fully saturated rings. The first-order valence-corrected chi connectivity index (χ1v) is 7.47. The summed E-state index contributed by atoms with van der Waals surface area (Å²) in [6.07, 6.45) is 0.524. The van der Waals surface area contributed by atoms with Crippen LogP contribution in [0.3, 0.4) is 0 Å². The quantitative estimate of drug-likeness (QED) is 0.587. The minimum atomic E-state index is -0.269. The van der Waals surface area contributed by atoms with Crippen molar-refractivity contribution >= 4 is 0 Å². The first-order chi connectivity index (χ1) is 8.91. The molecule has 4 heteroatoms. The molecule has 0 heterocycles. The normalized spacial score (nSPS) is 14.1. The van der Waals surface area contributed by atoms with Gasteiger partial charge in [-0.25, -0.2) is 0 Å². The third-order valence-electron chi connectivity index (χ3n) is 3.23. The molecule has 0 aliphatic heterocycles. The maximum atomic E-state index is 10.1. The number of hydrogen-bond donors (Lipinski definition) is 1. The number of ether oxygens (including phenoxy) is 2. The fourth-order valence-electron chi connectivity index (χ4n) is 1.75. The van der Waals surface area contributed by atoms with Gasteiger partial charge in [-0.2, -0.15) is 0 Å². The molecule has 0 bridgehead atoms. The molecular weight excluding hydrogens is 242 g/mol. The monoisotopic (exact) mass is 275 g/mol. The van der Waals surface area contributed by atoms with E-state index in [0.29, 0.717) is 0 Å². The van der Waals surface area contributed by atoms with E-state index in [2.05, 4.69) is 25.7 Å². The van der Waals surface area contributed by atoms with Crippen LogP contribution in [0.2, 0.25) is 0 Å². The first-order valence-electron chi connectivity index (χ1n) is 7.47. The Balaban J connectivity index is 4.02. The molecular formula is C15H33NO3. The lowest BCUT2D eigenvalue weighted by Crippen LogP contribution is -2.36. The summed E-state index contributed by atoms with van der Waals surface area (Å²) in [5.41, 5.74) is -0.0501. The van der Waals surface area contributed by atoms with E-state index in [1.54, 1.807) is 0 Å². The Kier molecular flexibility index (Phi) is 10.5. The summed E-state index contributed by atoms with van der Waals surface area (Å²) in [7, 11) is 0. The zero-order valence-corrected chi connectivity index (χ0v) is 13.4. The summed E-state index contributed by atoms with van der Waals surface area (Å²) in [5, 5.41) is 10.1. The molecule has 0 rings (SSSR count). The van der Waals surface area contributed by atoms with Gasteiger partial charge in [0.15, 0.2) is 0 Å². The van der Waals surface area contributed by atoms with E-state index in [0.717, 1.165) is 52.5 Å². The van der Waals surface area contributed by atoms with E-state index in [9.17, 15) is 5.11 Å². The van der Waals surface area contributed by atoms with Crippen molar-refractivity contribution in [2.45, 2.75) is 47.1 Å². The SMILES string of the molecule is CCOCCN(CCOCC)CCC(O)C(C)(C)C. The molecule has 0 aromatic rings. The van der Waals surface area contributed by atoms with Crippen molar-refractivity contribution in [1.82, 2.24) is 4.90 Å². The summed E-state index contributed by atoms with van der Waals surface area (Å²) in [4.78, 5) is 2.31. The van der Waals surface area contributed by atoms with Gasteiger partial charge in [0, 0.05) is 32.8 Å². The summed E-state index contributed by atoms with van der Waals surface area (Å²) in [6, 6.07) is 0. The van der Waals surface area contributed by atoms with E-state index in [4.69, 9.17) is 9.47 Å². The smallest absolute Gasteiger partial charge is 0.0600 e. The molecule has 1 atom stereocenters. The van der Waals surface area contributed by atoms with E-state index < -0.39 is 0 Å². The van der Waals surface area contributed by atoms with Gasteiger partial charge in [-0.3, -0.25) is 4.90 Å². The summed E-state index contributed by atoms with van der Waals surface area (Å²) in [6.45, 7) is 15.9. The number of nitrogens with zero attached hydrogens (tertiary/aromatic N) is 1. The fourth-order valence-corrected chi connectivity index (χ4v) is 1.75. The summed E-state index contributed by atoms with van der Waals surface area (Å²) in [5.74, 6) is 0. The molecule has 0 aromatic heterocycles. The van der Waals surface area contributed by atoms with Gasteiger partial charge in [-0.1, -0.05) is 20.8 Å². The van der Waals surface area contributed by atoms with Crippen LogP contribution < -0.4 is 0 Å². The number of aliphatic hydroxyl groups is 1. The van der Waals surface area contributed by atoms with Gasteiger partial charge in [-0.15, -0.1) is 0 Å². The highest BCUT2D eigenvalue weighted by Gasteiger charge is 2.22. The number of hydrogen-bond acceptors (Lipinski definition) is 4. The predicted molar refractivity (Wildman–Crippen MR) is 79.5 cm³/mol. The molecule has 4 nitrogen and oxygen atoms in total. The first kappa shape index (κ1) is 18.8. The Morgan fingerprint density at radius 1 is 0.947 bits per heavy atom. The van der Waals surface area contributed by atoms with Gasteiger partial charge in [0.1, 0.15) is 0 Å². The highest BCUT2D eigenvalue weighted by molar-refractivity contribution is 4.74. The molecule has 1 N–H and O–H groups in total. The van der Waals surface area contributed by atoms with Crippen molar-refractivity contribution < 1.29 is 14.6 Å². The molecule has 0 saturated heterocycles. The second-order valence-electron chi connectivity index (χ2n) is 5.91. The third kappa shape index (κ3) is 10.3. The maximum absolute atomic E-state index is 10.1. The molecule has 116 valence electrons. The zero-order chi connectivity index (χ0) is 14.7. The van der Waals surface area contributed by atoms with Crippen molar-refractivity contribution in [2.24, 2.45) is 5.41 Å². The molecule has 0 saturated carbocycles. The topological polar surface area (TPSA) is 41.9 Å². The van der Waals surface area contributed by atoms with Crippen LogP contribution in [-0.4, -0.2) is 62.2 Å². The molecule has 0 aliphatic carbocycles. The predicted octanol–water partition coefficient (Wildman–Crippen LogP) is 2.16. The van der Waals surface area contributed by atoms with Crippen LogP contribution in [0.15, 0.2) is 0 Å². The molecule has 0 aliphatic rings. The second-order valence-corrected chi connectivity index (χ2v) is 5.91. The van der Waals surface area contributed by atoms with Crippen LogP contribution in [0, 0.1) is 5.41 Å². The summed E-state index contributed by atoms with van der Waals surface area (Å²) < 4.78 is 10.8. The van der Waals surface area contributed by atoms with Gasteiger partial charge >= 0.3 is 0 Å². The summed E-state index contributed by atoms with van der Waals surface area (Å²) >= 11 is 0. The van der Waals surface area contributed by atoms with Gasteiger partial charge in [0.25, 0.3) is 0 Å². The minimum Gasteiger partial charge on any atom is -0.393 e. The van der Waals surface area contributed by atoms with Crippen LogP contribution in [0.1, 0.15) is 41.0 Å². The minimum absolute atomic E-state index is 0.0501. The van der Waals surface area contributed by atoms with E-state index in [-0.39, 0.29) is 11.5 Å². The third-order valence-corrected chi connectivity index (χ3v) is 3.23. The number of aliphatic hydroxyl groups excluding tert-OH is 1. The molecule has 19 heavy (non-hydrogen) atoms. The average molecular weight is 275 g/mol. The molecule has 0 spiro atoms. The number of rotatable bonds is 11. The van der Waals surface area contributed by atoms with Gasteiger partial charge < -0.3 is 14.6 Å². The largest absolute Gasteiger partial charge is 0.393 e. The lowest BCUT2D eigenvalue weighted by molar-refractivity contribution is 0.0343. The maximum Gasteiger partial charge on any atom is 0.0600 e. The van der Waals surface area contributed by atoms with E-state index in [1.165, 1.54) is 0 Å². The van der Waals surface area contributed by atoms with Crippen molar-refractivity contribution in [3.05, 3.63) is 0 Å². The van der Waals surface area contributed by atoms with Crippen LogP contribution in [0.4, 0.5) is 0 Å².